The Kier molecular flexibility index (Phi) is 2.90. The van der Waals surface area contributed by atoms with E-state index in [2.05, 4.69) is 50.0 Å². The van der Waals surface area contributed by atoms with Gasteiger partial charge in [-0.05, 0) is 35.1 Å². The largest absolute Gasteiger partial charge is 0.158 e. The van der Waals surface area contributed by atoms with E-state index in [9.17, 15) is 0 Å². The molecule has 0 aliphatic carbocycles. The predicted molar refractivity (Wildman–Crippen MR) is 67.7 cm³/mol. The van der Waals surface area contributed by atoms with Gasteiger partial charge in [0.1, 0.15) is 0 Å². The molecule has 0 N–H and O–H groups in total. The average Bonchev–Trinajstić information content (AvgIpc) is 2.27. The SMILES string of the molecule is CC(C)c1cc2cnncc2cc1C(C)C. The van der Waals surface area contributed by atoms with Crippen LogP contribution in [0.15, 0.2) is 24.5 Å². The Morgan fingerprint density at radius 3 is 1.44 bits per heavy atom. The van der Waals surface area contributed by atoms with Crippen LogP contribution < -0.4 is 0 Å². The molecule has 0 atom stereocenters. The summed E-state index contributed by atoms with van der Waals surface area (Å²) in [4.78, 5) is 0. The monoisotopic (exact) mass is 214 g/mol. The summed E-state index contributed by atoms with van der Waals surface area (Å²) in [6.07, 6.45) is 3.68. The van der Waals surface area contributed by atoms with Crippen LogP contribution in [0.5, 0.6) is 0 Å². The normalized spacial score (nSPS) is 11.6. The van der Waals surface area contributed by atoms with Gasteiger partial charge in [-0.1, -0.05) is 27.7 Å². The molecule has 1 heterocycles. The average molecular weight is 214 g/mol. The molecule has 0 unspecified atom stereocenters. The maximum Gasteiger partial charge on any atom is 0.0574 e. The standard InChI is InChI=1S/C14H18N2/c1-9(2)13-5-11-7-15-16-8-12(11)6-14(13)10(3)4/h5-10H,1-4H3. The van der Waals surface area contributed by atoms with Gasteiger partial charge in [-0.15, -0.1) is 0 Å². The number of fused-ring (bicyclic) bond motifs is 1. The van der Waals surface area contributed by atoms with Gasteiger partial charge in [0.15, 0.2) is 0 Å². The van der Waals surface area contributed by atoms with E-state index in [0.717, 1.165) is 0 Å². The summed E-state index contributed by atoms with van der Waals surface area (Å²) in [7, 11) is 0. The molecule has 0 saturated carbocycles. The van der Waals surface area contributed by atoms with E-state index in [1.54, 1.807) is 0 Å². The number of hydrogen-bond acceptors (Lipinski definition) is 2. The van der Waals surface area contributed by atoms with Gasteiger partial charge < -0.3 is 0 Å². The second-order valence-electron chi connectivity index (χ2n) is 4.91. The maximum absolute atomic E-state index is 3.94. The van der Waals surface area contributed by atoms with Gasteiger partial charge in [0.05, 0.1) is 12.4 Å². The fraction of sp³-hybridized carbons (Fsp3) is 0.429. The van der Waals surface area contributed by atoms with Crippen molar-refractivity contribution in [1.29, 1.82) is 0 Å². The molecule has 2 nitrogen and oxygen atoms in total. The summed E-state index contributed by atoms with van der Waals surface area (Å²) in [5.74, 6) is 1.10. The molecule has 0 saturated heterocycles. The second kappa shape index (κ2) is 4.20. The lowest BCUT2D eigenvalue weighted by molar-refractivity contribution is 0.792. The first-order valence-electron chi connectivity index (χ1n) is 5.84. The third-order valence-electron chi connectivity index (χ3n) is 2.99. The molecule has 0 amide bonds. The zero-order valence-electron chi connectivity index (χ0n) is 10.4. The highest BCUT2D eigenvalue weighted by atomic mass is 15.1. The molecule has 1 aromatic carbocycles. The predicted octanol–water partition coefficient (Wildman–Crippen LogP) is 3.88. The first-order valence-corrected chi connectivity index (χ1v) is 5.84. The third kappa shape index (κ3) is 1.92. The van der Waals surface area contributed by atoms with E-state index in [0.29, 0.717) is 11.8 Å². The van der Waals surface area contributed by atoms with Gasteiger partial charge in [-0.25, -0.2) is 0 Å². The van der Waals surface area contributed by atoms with Crippen molar-refractivity contribution in [3.05, 3.63) is 35.7 Å². The minimum atomic E-state index is 0.551. The van der Waals surface area contributed by atoms with Gasteiger partial charge >= 0.3 is 0 Å². The van der Waals surface area contributed by atoms with Crippen LogP contribution in [0.25, 0.3) is 10.8 Å². The van der Waals surface area contributed by atoms with Gasteiger partial charge in [-0.2, -0.15) is 10.2 Å². The van der Waals surface area contributed by atoms with Crippen LogP contribution in [0.3, 0.4) is 0 Å². The summed E-state index contributed by atoms with van der Waals surface area (Å²) in [5.41, 5.74) is 2.85. The lowest BCUT2D eigenvalue weighted by Gasteiger charge is -2.16. The fourth-order valence-electron chi connectivity index (χ4n) is 2.08. The molecule has 16 heavy (non-hydrogen) atoms. The lowest BCUT2D eigenvalue weighted by Crippen LogP contribution is -1.99. The Bertz CT molecular complexity index is 455. The van der Waals surface area contributed by atoms with Gasteiger partial charge in [0, 0.05) is 10.8 Å². The van der Waals surface area contributed by atoms with E-state index >= 15 is 0 Å². The van der Waals surface area contributed by atoms with Crippen LogP contribution in [0.1, 0.15) is 50.7 Å². The molecule has 84 valence electrons. The molecule has 0 fully saturated rings. The van der Waals surface area contributed by atoms with Crippen molar-refractivity contribution in [2.24, 2.45) is 0 Å². The Labute approximate surface area is 96.7 Å². The van der Waals surface area contributed by atoms with Crippen molar-refractivity contribution in [1.82, 2.24) is 10.2 Å². The number of rotatable bonds is 2. The summed E-state index contributed by atoms with van der Waals surface area (Å²) in [6, 6.07) is 4.51. The Balaban J connectivity index is 2.71. The molecular weight excluding hydrogens is 196 g/mol. The Hall–Kier alpha value is -1.44. The van der Waals surface area contributed by atoms with Crippen LogP contribution in [0.2, 0.25) is 0 Å². The van der Waals surface area contributed by atoms with Crippen molar-refractivity contribution < 1.29 is 0 Å². The zero-order chi connectivity index (χ0) is 11.7. The van der Waals surface area contributed by atoms with E-state index in [4.69, 9.17) is 0 Å². The highest BCUT2D eigenvalue weighted by Gasteiger charge is 2.11. The third-order valence-corrected chi connectivity index (χ3v) is 2.99. The molecule has 0 aliphatic heterocycles. The van der Waals surface area contributed by atoms with Crippen molar-refractivity contribution >= 4 is 10.8 Å². The van der Waals surface area contributed by atoms with Gasteiger partial charge in [-0.3, -0.25) is 0 Å². The summed E-state index contributed by atoms with van der Waals surface area (Å²) < 4.78 is 0. The molecule has 0 aliphatic rings. The lowest BCUT2D eigenvalue weighted by atomic mass is 9.89. The molecule has 1 aromatic heterocycles. The van der Waals surface area contributed by atoms with Gasteiger partial charge in [0.2, 0.25) is 0 Å². The van der Waals surface area contributed by atoms with Crippen molar-refractivity contribution in [3.63, 3.8) is 0 Å². The van der Waals surface area contributed by atoms with Crippen LogP contribution >= 0.6 is 0 Å². The van der Waals surface area contributed by atoms with E-state index in [1.165, 1.54) is 21.9 Å². The second-order valence-corrected chi connectivity index (χ2v) is 4.91. The number of aromatic nitrogens is 2. The van der Waals surface area contributed by atoms with Crippen LogP contribution in [-0.2, 0) is 0 Å². The highest BCUT2D eigenvalue weighted by molar-refractivity contribution is 5.82. The molecular formula is C14H18N2. The summed E-state index contributed by atoms with van der Waals surface area (Å²) in [5, 5.41) is 10.2. The molecule has 2 heteroatoms. The molecule has 0 spiro atoms. The van der Waals surface area contributed by atoms with Crippen molar-refractivity contribution in [2.45, 2.75) is 39.5 Å². The van der Waals surface area contributed by atoms with Crippen LogP contribution in [0.4, 0.5) is 0 Å². The summed E-state index contributed by atoms with van der Waals surface area (Å²) >= 11 is 0. The number of hydrogen-bond donors (Lipinski definition) is 0. The topological polar surface area (TPSA) is 25.8 Å². The van der Waals surface area contributed by atoms with Crippen LogP contribution in [0, 0.1) is 0 Å². The molecule has 0 radical (unpaired) electrons. The van der Waals surface area contributed by atoms with Crippen molar-refractivity contribution in [2.75, 3.05) is 0 Å². The van der Waals surface area contributed by atoms with E-state index in [1.807, 2.05) is 12.4 Å². The smallest absolute Gasteiger partial charge is 0.0574 e. The molecule has 2 rings (SSSR count). The number of benzene rings is 1. The van der Waals surface area contributed by atoms with Gasteiger partial charge in [0.25, 0.3) is 0 Å². The van der Waals surface area contributed by atoms with E-state index < -0.39 is 0 Å². The quantitative estimate of drug-likeness (QED) is 0.758. The zero-order valence-corrected chi connectivity index (χ0v) is 10.4. The first kappa shape index (κ1) is 11.1. The Morgan fingerprint density at radius 2 is 1.12 bits per heavy atom. The maximum atomic E-state index is 3.94. The fourth-order valence-corrected chi connectivity index (χ4v) is 2.08. The Morgan fingerprint density at radius 1 is 0.750 bits per heavy atom. The van der Waals surface area contributed by atoms with Crippen molar-refractivity contribution in [3.8, 4) is 0 Å². The minimum Gasteiger partial charge on any atom is -0.158 e. The summed E-state index contributed by atoms with van der Waals surface area (Å²) in [6.45, 7) is 8.95. The minimum absolute atomic E-state index is 0.551. The first-order chi connectivity index (χ1) is 7.59. The van der Waals surface area contributed by atoms with E-state index in [-0.39, 0.29) is 0 Å². The number of nitrogens with zero attached hydrogens (tertiary/aromatic N) is 2. The molecule has 0 bridgehead atoms. The highest BCUT2D eigenvalue weighted by Crippen LogP contribution is 2.29. The molecule has 2 aromatic rings. The van der Waals surface area contributed by atoms with Crippen LogP contribution in [-0.4, -0.2) is 10.2 Å².